The van der Waals surface area contributed by atoms with Gasteiger partial charge in [0, 0.05) is 12.5 Å². The number of ketones is 1. The number of nitrogens with zero attached hydrogens (tertiary/aromatic N) is 1. The number of ether oxygens (including phenoxy) is 1. The van der Waals surface area contributed by atoms with Crippen LogP contribution in [0.4, 0.5) is 0 Å². The predicted octanol–water partition coefficient (Wildman–Crippen LogP) is 3.37. The highest BCUT2D eigenvalue weighted by atomic mass is 16.5. The van der Waals surface area contributed by atoms with E-state index < -0.39 is 0 Å². The minimum atomic E-state index is 0.0887. The maximum atomic E-state index is 12.9. The minimum Gasteiger partial charge on any atom is -0.493 e. The molecule has 0 radical (unpaired) electrons. The molecule has 1 fully saturated rings. The van der Waals surface area contributed by atoms with Gasteiger partial charge in [-0.05, 0) is 63.4 Å². The smallest absolute Gasteiger partial charge is 0.171 e. The SMILES string of the molecule is Cc1cc(C)c2c(c1)OCCC(CN1CCCCC1)C2=O. The van der Waals surface area contributed by atoms with E-state index in [0.717, 1.165) is 48.5 Å². The van der Waals surface area contributed by atoms with E-state index >= 15 is 0 Å². The lowest BCUT2D eigenvalue weighted by Gasteiger charge is -2.29. The van der Waals surface area contributed by atoms with Crippen LogP contribution in [0.2, 0.25) is 0 Å². The fraction of sp³-hybridized carbons (Fsp3) is 0.611. The van der Waals surface area contributed by atoms with E-state index in [0.29, 0.717) is 6.61 Å². The lowest BCUT2D eigenvalue weighted by molar-refractivity contribution is 0.0859. The quantitative estimate of drug-likeness (QED) is 0.835. The van der Waals surface area contributed by atoms with Crippen LogP contribution in [-0.2, 0) is 0 Å². The van der Waals surface area contributed by atoms with E-state index in [-0.39, 0.29) is 11.7 Å². The maximum absolute atomic E-state index is 12.9. The van der Waals surface area contributed by atoms with E-state index in [1.165, 1.54) is 19.3 Å². The number of Topliss-reactive ketones (excluding diaryl/α,β-unsaturated/α-hetero) is 1. The molecule has 1 aromatic carbocycles. The molecule has 0 amide bonds. The number of fused-ring (bicyclic) bond motifs is 1. The molecule has 0 spiro atoms. The van der Waals surface area contributed by atoms with Gasteiger partial charge in [-0.3, -0.25) is 4.79 Å². The van der Waals surface area contributed by atoms with Crippen molar-refractivity contribution >= 4 is 5.78 Å². The fourth-order valence-electron chi connectivity index (χ4n) is 3.63. The van der Waals surface area contributed by atoms with Crippen LogP contribution in [0.3, 0.4) is 0 Å². The summed E-state index contributed by atoms with van der Waals surface area (Å²) in [6, 6.07) is 4.09. The second-order valence-corrected chi connectivity index (χ2v) is 6.51. The molecule has 2 aliphatic rings. The molecular formula is C18H25NO2. The van der Waals surface area contributed by atoms with Gasteiger partial charge in [0.1, 0.15) is 5.75 Å². The van der Waals surface area contributed by atoms with Gasteiger partial charge < -0.3 is 9.64 Å². The molecule has 2 heterocycles. The zero-order valence-corrected chi connectivity index (χ0v) is 13.2. The van der Waals surface area contributed by atoms with Crippen LogP contribution in [0, 0.1) is 19.8 Å². The lowest BCUT2D eigenvalue weighted by atomic mass is 9.91. The van der Waals surface area contributed by atoms with Crippen molar-refractivity contribution in [2.24, 2.45) is 5.92 Å². The number of likely N-dealkylation sites (tertiary alicyclic amines) is 1. The average molecular weight is 287 g/mol. The summed E-state index contributed by atoms with van der Waals surface area (Å²) < 4.78 is 5.86. The van der Waals surface area contributed by atoms with Crippen molar-refractivity contribution in [2.45, 2.75) is 39.5 Å². The summed E-state index contributed by atoms with van der Waals surface area (Å²) >= 11 is 0. The summed E-state index contributed by atoms with van der Waals surface area (Å²) in [6.07, 6.45) is 4.71. The molecule has 1 atom stereocenters. The minimum absolute atomic E-state index is 0.0887. The predicted molar refractivity (Wildman–Crippen MR) is 84.1 cm³/mol. The number of carbonyl (C=O) groups excluding carboxylic acids is 1. The lowest BCUT2D eigenvalue weighted by Crippen LogP contribution is -2.37. The van der Waals surface area contributed by atoms with Crippen LogP contribution in [-0.4, -0.2) is 36.9 Å². The first kappa shape index (κ1) is 14.6. The zero-order chi connectivity index (χ0) is 14.8. The Morgan fingerprint density at radius 1 is 1.19 bits per heavy atom. The molecule has 1 saturated heterocycles. The summed E-state index contributed by atoms with van der Waals surface area (Å²) in [5.41, 5.74) is 3.04. The highest BCUT2D eigenvalue weighted by Gasteiger charge is 2.29. The fourth-order valence-corrected chi connectivity index (χ4v) is 3.63. The molecule has 0 N–H and O–H groups in total. The third-order valence-electron chi connectivity index (χ3n) is 4.71. The van der Waals surface area contributed by atoms with Crippen LogP contribution in [0.15, 0.2) is 12.1 Å². The molecule has 0 aliphatic carbocycles. The van der Waals surface area contributed by atoms with Gasteiger partial charge in [-0.15, -0.1) is 0 Å². The first-order valence-corrected chi connectivity index (χ1v) is 8.16. The monoisotopic (exact) mass is 287 g/mol. The topological polar surface area (TPSA) is 29.5 Å². The van der Waals surface area contributed by atoms with E-state index in [1.807, 2.05) is 13.0 Å². The van der Waals surface area contributed by atoms with Gasteiger partial charge in [-0.1, -0.05) is 12.5 Å². The highest BCUT2D eigenvalue weighted by molar-refractivity contribution is 6.02. The van der Waals surface area contributed by atoms with Crippen molar-refractivity contribution in [3.05, 3.63) is 28.8 Å². The van der Waals surface area contributed by atoms with Gasteiger partial charge in [-0.2, -0.15) is 0 Å². The van der Waals surface area contributed by atoms with Crippen molar-refractivity contribution < 1.29 is 9.53 Å². The molecule has 0 aromatic heterocycles. The first-order chi connectivity index (χ1) is 10.1. The van der Waals surface area contributed by atoms with Crippen LogP contribution < -0.4 is 4.74 Å². The van der Waals surface area contributed by atoms with Crippen molar-refractivity contribution in [1.82, 2.24) is 4.90 Å². The molecule has 0 saturated carbocycles. The number of benzene rings is 1. The summed E-state index contributed by atoms with van der Waals surface area (Å²) in [5.74, 6) is 1.16. The Hall–Kier alpha value is -1.35. The molecule has 3 heteroatoms. The van der Waals surface area contributed by atoms with E-state index in [2.05, 4.69) is 17.9 Å². The third kappa shape index (κ3) is 3.13. The van der Waals surface area contributed by atoms with E-state index in [1.54, 1.807) is 0 Å². The normalized spacial score (nSPS) is 23.3. The Morgan fingerprint density at radius 2 is 1.95 bits per heavy atom. The maximum Gasteiger partial charge on any atom is 0.171 e. The molecule has 3 rings (SSSR count). The molecule has 1 aromatic rings. The number of piperidine rings is 1. The standard InChI is InChI=1S/C18H25NO2/c1-13-10-14(2)17-16(11-13)21-9-6-15(18(17)20)12-19-7-4-3-5-8-19/h10-11,15H,3-9,12H2,1-2H3. The van der Waals surface area contributed by atoms with Crippen molar-refractivity contribution in [2.75, 3.05) is 26.2 Å². The molecular weight excluding hydrogens is 262 g/mol. The second kappa shape index (κ2) is 6.18. The van der Waals surface area contributed by atoms with Gasteiger partial charge in [0.15, 0.2) is 5.78 Å². The number of carbonyl (C=O) groups is 1. The molecule has 1 unspecified atom stereocenters. The highest BCUT2D eigenvalue weighted by Crippen LogP contribution is 2.31. The van der Waals surface area contributed by atoms with Gasteiger partial charge in [0.05, 0.1) is 12.2 Å². The summed E-state index contributed by atoms with van der Waals surface area (Å²) in [6.45, 7) is 7.91. The third-order valence-corrected chi connectivity index (χ3v) is 4.71. The van der Waals surface area contributed by atoms with Gasteiger partial charge >= 0.3 is 0 Å². The Bertz CT molecular complexity index is 532. The molecule has 3 nitrogen and oxygen atoms in total. The van der Waals surface area contributed by atoms with Gasteiger partial charge in [0.25, 0.3) is 0 Å². The van der Waals surface area contributed by atoms with Gasteiger partial charge in [0.2, 0.25) is 0 Å². The van der Waals surface area contributed by atoms with Crippen molar-refractivity contribution in [3.8, 4) is 5.75 Å². The summed E-state index contributed by atoms with van der Waals surface area (Å²) in [4.78, 5) is 15.4. The van der Waals surface area contributed by atoms with Crippen molar-refractivity contribution in [3.63, 3.8) is 0 Å². The number of hydrogen-bond acceptors (Lipinski definition) is 3. The Morgan fingerprint density at radius 3 is 2.71 bits per heavy atom. The largest absolute Gasteiger partial charge is 0.493 e. The number of hydrogen-bond donors (Lipinski definition) is 0. The average Bonchev–Trinajstić information content (AvgIpc) is 2.60. The summed E-state index contributed by atoms with van der Waals surface area (Å²) in [7, 11) is 0. The van der Waals surface area contributed by atoms with Crippen LogP contribution >= 0.6 is 0 Å². The number of aryl methyl sites for hydroxylation is 2. The van der Waals surface area contributed by atoms with Crippen molar-refractivity contribution in [1.29, 1.82) is 0 Å². The second-order valence-electron chi connectivity index (χ2n) is 6.51. The van der Waals surface area contributed by atoms with E-state index in [4.69, 9.17) is 4.74 Å². The molecule has 114 valence electrons. The Balaban J connectivity index is 1.82. The molecule has 21 heavy (non-hydrogen) atoms. The molecule has 2 aliphatic heterocycles. The zero-order valence-electron chi connectivity index (χ0n) is 13.2. The number of rotatable bonds is 2. The molecule has 0 bridgehead atoms. The first-order valence-electron chi connectivity index (χ1n) is 8.16. The van der Waals surface area contributed by atoms with Gasteiger partial charge in [-0.25, -0.2) is 0 Å². The van der Waals surface area contributed by atoms with Crippen LogP contribution in [0.25, 0.3) is 0 Å². The van der Waals surface area contributed by atoms with E-state index in [9.17, 15) is 4.79 Å². The Labute approximate surface area is 127 Å². The van der Waals surface area contributed by atoms with Crippen LogP contribution in [0.1, 0.15) is 47.2 Å². The van der Waals surface area contributed by atoms with Crippen LogP contribution in [0.5, 0.6) is 5.75 Å². The Kier molecular flexibility index (Phi) is 4.29. The summed E-state index contributed by atoms with van der Waals surface area (Å²) in [5, 5.41) is 0.